The molecular formula is C20H17N3OS. The largest absolute Gasteiger partial charge is 0.356 e. The first-order valence-corrected chi connectivity index (χ1v) is 8.88. The Morgan fingerprint density at radius 3 is 2.60 bits per heavy atom. The Morgan fingerprint density at radius 2 is 1.80 bits per heavy atom. The Bertz CT molecular complexity index is 1010. The minimum atomic E-state index is -0.227. The summed E-state index contributed by atoms with van der Waals surface area (Å²) in [6, 6.07) is 17.8. The molecule has 4 nitrogen and oxygen atoms in total. The lowest BCUT2D eigenvalue weighted by atomic mass is 9.93. The van der Waals surface area contributed by atoms with Gasteiger partial charge >= 0.3 is 0 Å². The predicted octanol–water partition coefficient (Wildman–Crippen LogP) is 3.79. The molecule has 1 amide bonds. The summed E-state index contributed by atoms with van der Waals surface area (Å²) in [6.45, 7) is 2.12. The van der Waals surface area contributed by atoms with Crippen molar-refractivity contribution in [2.24, 2.45) is 0 Å². The first-order valence-electron chi connectivity index (χ1n) is 8.47. The van der Waals surface area contributed by atoms with E-state index in [0.717, 1.165) is 11.2 Å². The van der Waals surface area contributed by atoms with Gasteiger partial charge in [-0.05, 0) is 42.9 Å². The number of nitrogens with one attached hydrogen (secondary N) is 1. The van der Waals surface area contributed by atoms with Crippen molar-refractivity contribution in [1.82, 2.24) is 9.88 Å². The zero-order valence-corrected chi connectivity index (χ0v) is 14.6. The van der Waals surface area contributed by atoms with Crippen LogP contribution in [0, 0.1) is 0 Å². The molecule has 1 fully saturated rings. The van der Waals surface area contributed by atoms with Crippen molar-refractivity contribution in [3.63, 3.8) is 0 Å². The molecule has 0 radical (unpaired) electrons. The molecule has 2 aliphatic heterocycles. The van der Waals surface area contributed by atoms with Crippen LogP contribution in [0.5, 0.6) is 0 Å². The number of aromatic nitrogens is 1. The Labute approximate surface area is 151 Å². The zero-order valence-electron chi connectivity index (χ0n) is 13.8. The number of anilines is 1. The number of carbonyl (C=O) groups is 1. The number of hydrogen-bond donors (Lipinski definition) is 1. The highest BCUT2D eigenvalue weighted by molar-refractivity contribution is 7.80. The molecule has 124 valence electrons. The van der Waals surface area contributed by atoms with Gasteiger partial charge in [0.1, 0.15) is 6.04 Å². The highest BCUT2D eigenvalue weighted by Crippen LogP contribution is 2.41. The van der Waals surface area contributed by atoms with Gasteiger partial charge in [-0.25, -0.2) is 0 Å². The molecule has 2 aliphatic rings. The van der Waals surface area contributed by atoms with E-state index in [1.54, 1.807) is 4.90 Å². The molecule has 0 bridgehead atoms. The second kappa shape index (κ2) is 5.17. The summed E-state index contributed by atoms with van der Waals surface area (Å²) in [6.07, 6.45) is 0.687. The van der Waals surface area contributed by atoms with E-state index >= 15 is 0 Å². The van der Waals surface area contributed by atoms with Gasteiger partial charge in [0, 0.05) is 23.0 Å². The van der Waals surface area contributed by atoms with E-state index in [9.17, 15) is 4.79 Å². The van der Waals surface area contributed by atoms with Crippen molar-refractivity contribution in [3.8, 4) is 0 Å². The van der Waals surface area contributed by atoms with E-state index in [2.05, 4.69) is 28.9 Å². The van der Waals surface area contributed by atoms with Crippen LogP contribution in [0.1, 0.15) is 24.2 Å². The standard InChI is InChI=1S/C20H17N3OS/c1-12-18-15(14-9-5-6-10-16(14)21-18)11-17-19(24)23(20(25)22(12)17)13-7-3-2-4-8-13/h2-10,12,17,21H,11H2,1H3. The predicted molar refractivity (Wildman–Crippen MR) is 103 cm³/mol. The fraction of sp³-hybridized carbons (Fsp3) is 0.200. The number of amides is 1. The quantitative estimate of drug-likeness (QED) is 0.681. The lowest BCUT2D eigenvalue weighted by Gasteiger charge is -2.34. The number of thiocarbonyl (C=S) groups is 1. The van der Waals surface area contributed by atoms with Crippen LogP contribution in [0.15, 0.2) is 54.6 Å². The number of rotatable bonds is 1. The highest BCUT2D eigenvalue weighted by Gasteiger charge is 2.49. The molecular weight excluding hydrogens is 330 g/mol. The van der Waals surface area contributed by atoms with Crippen molar-refractivity contribution in [2.45, 2.75) is 25.4 Å². The Kier molecular flexibility index (Phi) is 3.03. The fourth-order valence-corrected chi connectivity index (χ4v) is 4.66. The number of fused-ring (bicyclic) bond motifs is 4. The molecule has 0 spiro atoms. The summed E-state index contributed by atoms with van der Waals surface area (Å²) in [4.78, 5) is 20.5. The minimum absolute atomic E-state index is 0.0475. The van der Waals surface area contributed by atoms with Crippen LogP contribution in [0.25, 0.3) is 10.9 Å². The first-order chi connectivity index (χ1) is 12.2. The summed E-state index contributed by atoms with van der Waals surface area (Å²) in [5.41, 5.74) is 4.38. The molecule has 1 saturated heterocycles. The average molecular weight is 347 g/mol. The Morgan fingerprint density at radius 1 is 1.08 bits per heavy atom. The molecule has 0 saturated carbocycles. The SMILES string of the molecule is CC1c2[nH]c3ccccc3c2CC2C(=O)N(c3ccccc3)C(=S)N21. The van der Waals surface area contributed by atoms with E-state index in [4.69, 9.17) is 12.2 Å². The van der Waals surface area contributed by atoms with Crippen LogP contribution >= 0.6 is 12.2 Å². The third-order valence-corrected chi connectivity index (χ3v) is 5.74. The molecule has 25 heavy (non-hydrogen) atoms. The van der Waals surface area contributed by atoms with Crippen molar-refractivity contribution in [1.29, 1.82) is 0 Å². The summed E-state index contributed by atoms with van der Waals surface area (Å²) in [5, 5.41) is 1.80. The van der Waals surface area contributed by atoms with E-state index < -0.39 is 0 Å². The van der Waals surface area contributed by atoms with Gasteiger partial charge in [0.15, 0.2) is 5.11 Å². The number of para-hydroxylation sites is 2. The molecule has 3 heterocycles. The van der Waals surface area contributed by atoms with Crippen molar-refractivity contribution >= 4 is 39.8 Å². The van der Waals surface area contributed by atoms with Gasteiger partial charge in [-0.3, -0.25) is 9.69 Å². The molecule has 2 atom stereocenters. The highest BCUT2D eigenvalue weighted by atomic mass is 32.1. The normalized spacial score (nSPS) is 22.4. The van der Waals surface area contributed by atoms with Gasteiger partial charge in [-0.15, -0.1) is 0 Å². The summed E-state index contributed by atoms with van der Waals surface area (Å²) in [5.74, 6) is 0.0685. The lowest BCUT2D eigenvalue weighted by molar-refractivity contribution is -0.120. The van der Waals surface area contributed by atoms with Gasteiger partial charge in [0.05, 0.1) is 11.7 Å². The summed E-state index contributed by atoms with van der Waals surface area (Å²) >= 11 is 5.70. The molecule has 0 aliphatic carbocycles. The van der Waals surface area contributed by atoms with Crippen LogP contribution in [0.2, 0.25) is 0 Å². The molecule has 1 N–H and O–H groups in total. The van der Waals surface area contributed by atoms with Crippen LogP contribution in [0.3, 0.4) is 0 Å². The second-order valence-electron chi connectivity index (χ2n) is 6.66. The number of benzene rings is 2. The van der Waals surface area contributed by atoms with Crippen molar-refractivity contribution < 1.29 is 4.79 Å². The third-order valence-electron chi connectivity index (χ3n) is 5.35. The second-order valence-corrected chi connectivity index (χ2v) is 7.02. The number of aromatic amines is 1. The number of hydrogen-bond acceptors (Lipinski definition) is 2. The minimum Gasteiger partial charge on any atom is -0.356 e. The Balaban J connectivity index is 1.62. The summed E-state index contributed by atoms with van der Waals surface area (Å²) < 4.78 is 0. The maximum atomic E-state index is 13.2. The van der Waals surface area contributed by atoms with Crippen molar-refractivity contribution in [2.75, 3.05) is 4.90 Å². The van der Waals surface area contributed by atoms with Gasteiger partial charge in [-0.2, -0.15) is 0 Å². The van der Waals surface area contributed by atoms with Gasteiger partial charge in [0.2, 0.25) is 0 Å². The third kappa shape index (κ3) is 1.93. The molecule has 5 heteroatoms. The van der Waals surface area contributed by atoms with Gasteiger partial charge in [-0.1, -0.05) is 36.4 Å². The Hall–Kier alpha value is -2.66. The van der Waals surface area contributed by atoms with E-state index in [-0.39, 0.29) is 18.0 Å². The van der Waals surface area contributed by atoms with Crippen LogP contribution in [-0.4, -0.2) is 26.9 Å². The molecule has 5 rings (SSSR count). The maximum Gasteiger partial charge on any atom is 0.256 e. The van der Waals surface area contributed by atoms with Crippen LogP contribution < -0.4 is 4.90 Å². The first kappa shape index (κ1) is 14.7. The van der Waals surface area contributed by atoms with E-state index in [0.29, 0.717) is 11.5 Å². The lowest BCUT2D eigenvalue weighted by Crippen LogP contribution is -2.42. The van der Waals surface area contributed by atoms with Crippen LogP contribution in [-0.2, 0) is 11.2 Å². The van der Waals surface area contributed by atoms with Gasteiger partial charge < -0.3 is 9.88 Å². The molecule has 2 aromatic carbocycles. The van der Waals surface area contributed by atoms with Crippen LogP contribution in [0.4, 0.5) is 5.69 Å². The van der Waals surface area contributed by atoms with E-state index in [1.165, 1.54) is 16.6 Å². The maximum absolute atomic E-state index is 13.2. The van der Waals surface area contributed by atoms with Crippen molar-refractivity contribution in [3.05, 3.63) is 65.9 Å². The smallest absolute Gasteiger partial charge is 0.256 e. The number of nitrogens with zero attached hydrogens (tertiary/aromatic N) is 2. The monoisotopic (exact) mass is 347 g/mol. The van der Waals surface area contributed by atoms with Gasteiger partial charge in [0.25, 0.3) is 5.91 Å². The molecule has 1 aromatic heterocycles. The summed E-state index contributed by atoms with van der Waals surface area (Å²) in [7, 11) is 0. The zero-order chi connectivity index (χ0) is 17.1. The number of H-pyrrole nitrogens is 1. The molecule has 2 unspecified atom stereocenters. The van der Waals surface area contributed by atoms with E-state index in [1.807, 2.05) is 42.5 Å². The average Bonchev–Trinajstić information content (AvgIpc) is 3.13. The number of carbonyl (C=O) groups excluding carboxylic acids is 1. The topological polar surface area (TPSA) is 39.3 Å². The molecule has 3 aromatic rings. The fourth-order valence-electron chi connectivity index (χ4n) is 4.18.